The van der Waals surface area contributed by atoms with Crippen LogP contribution < -0.4 is 20.9 Å². The molecular weight excluding hydrogens is 542 g/mol. The molecule has 0 saturated carbocycles. The van der Waals surface area contributed by atoms with Crippen LogP contribution in [0.5, 0.6) is 0 Å². The molecule has 11 nitrogen and oxygen atoms in total. The number of rotatable bonds is 6. The number of anilines is 3. The summed E-state index contributed by atoms with van der Waals surface area (Å²) in [6.45, 7) is 10.9. The van der Waals surface area contributed by atoms with Gasteiger partial charge >= 0.3 is 0 Å². The Kier molecular flexibility index (Phi) is 7.98. The smallest absolute Gasteiger partial charge is 0.253 e. The van der Waals surface area contributed by atoms with Crippen LogP contribution in [-0.2, 0) is 5.41 Å². The van der Waals surface area contributed by atoms with Crippen molar-refractivity contribution in [2.75, 3.05) is 49.5 Å². The van der Waals surface area contributed by atoms with Crippen LogP contribution in [0.1, 0.15) is 59.9 Å². The van der Waals surface area contributed by atoms with E-state index in [-0.39, 0.29) is 23.3 Å². The molecule has 0 aliphatic carbocycles. The van der Waals surface area contributed by atoms with Crippen LogP contribution in [0.3, 0.4) is 0 Å². The summed E-state index contributed by atoms with van der Waals surface area (Å²) in [6.07, 6.45) is 5.29. The number of fused-ring (bicyclic) bond motifs is 1. The summed E-state index contributed by atoms with van der Waals surface area (Å²) in [5.74, 6) is 1.11. The molecule has 1 unspecified atom stereocenters. The monoisotopic (exact) mass is 581 g/mol. The second-order valence-corrected chi connectivity index (χ2v) is 12.3. The molecular formula is C32H39N9O2. The number of hydrogen-bond donors (Lipinski definition) is 3. The number of nitrogens with one attached hydrogen (secondary N) is 3. The number of carbonyl (C=O) groups excluding carboxylic acids is 2. The highest BCUT2D eigenvalue weighted by Crippen LogP contribution is 2.25. The lowest BCUT2D eigenvalue weighted by molar-refractivity contribution is 0.0735. The van der Waals surface area contributed by atoms with Crippen LogP contribution in [0.4, 0.5) is 17.5 Å². The lowest BCUT2D eigenvalue weighted by atomic mass is 9.86. The van der Waals surface area contributed by atoms with Crippen LogP contribution in [0.25, 0.3) is 5.65 Å². The number of piperazine rings is 1. The van der Waals surface area contributed by atoms with E-state index < -0.39 is 0 Å². The molecule has 11 heteroatoms. The number of nitrogens with zero attached hydrogens (tertiary/aromatic N) is 6. The molecule has 2 aromatic carbocycles. The summed E-state index contributed by atoms with van der Waals surface area (Å²) in [4.78, 5) is 39.2. The Bertz CT molecular complexity index is 1590. The molecule has 2 fully saturated rings. The van der Waals surface area contributed by atoms with Crippen molar-refractivity contribution in [1.82, 2.24) is 35.1 Å². The number of imidazole rings is 1. The minimum Gasteiger partial charge on any atom is -0.348 e. The molecule has 6 rings (SSSR count). The second-order valence-electron chi connectivity index (χ2n) is 12.3. The van der Waals surface area contributed by atoms with Crippen LogP contribution >= 0.6 is 0 Å². The molecule has 4 aromatic rings. The van der Waals surface area contributed by atoms with E-state index in [9.17, 15) is 9.59 Å². The number of amides is 2. The Morgan fingerprint density at radius 3 is 2.40 bits per heavy atom. The predicted octanol–water partition coefficient (Wildman–Crippen LogP) is 3.61. The van der Waals surface area contributed by atoms with E-state index in [4.69, 9.17) is 10.1 Å². The fourth-order valence-corrected chi connectivity index (χ4v) is 5.58. The first-order valence-corrected chi connectivity index (χ1v) is 15.0. The van der Waals surface area contributed by atoms with E-state index in [1.807, 2.05) is 53.4 Å². The molecule has 2 saturated heterocycles. The van der Waals surface area contributed by atoms with Gasteiger partial charge in [-0.1, -0.05) is 32.9 Å². The molecule has 1 atom stereocenters. The van der Waals surface area contributed by atoms with Gasteiger partial charge in [0.15, 0.2) is 11.5 Å². The van der Waals surface area contributed by atoms with Crippen LogP contribution in [0.2, 0.25) is 0 Å². The Balaban J connectivity index is 1.15. The largest absolute Gasteiger partial charge is 0.348 e. The Labute approximate surface area is 251 Å². The molecule has 2 aliphatic rings. The average molecular weight is 582 g/mol. The van der Waals surface area contributed by atoms with Gasteiger partial charge < -0.3 is 25.8 Å². The molecule has 224 valence electrons. The van der Waals surface area contributed by atoms with Crippen molar-refractivity contribution in [3.63, 3.8) is 0 Å². The first kappa shape index (κ1) is 28.6. The summed E-state index contributed by atoms with van der Waals surface area (Å²) in [6, 6.07) is 15.3. The summed E-state index contributed by atoms with van der Waals surface area (Å²) in [7, 11) is 0. The van der Waals surface area contributed by atoms with Gasteiger partial charge in [0.1, 0.15) is 0 Å². The topological polar surface area (TPSA) is 120 Å². The second kappa shape index (κ2) is 12.0. The van der Waals surface area contributed by atoms with Gasteiger partial charge in [0.2, 0.25) is 5.95 Å². The predicted molar refractivity (Wildman–Crippen MR) is 167 cm³/mol. The van der Waals surface area contributed by atoms with Crippen molar-refractivity contribution in [2.24, 2.45) is 0 Å². The summed E-state index contributed by atoms with van der Waals surface area (Å²) in [5, 5.41) is 14.6. The van der Waals surface area contributed by atoms with Gasteiger partial charge in [-0.15, -0.1) is 5.10 Å². The van der Waals surface area contributed by atoms with E-state index in [2.05, 4.69) is 46.6 Å². The summed E-state index contributed by atoms with van der Waals surface area (Å²) in [5.41, 5.74) is 3.96. The van der Waals surface area contributed by atoms with E-state index >= 15 is 0 Å². The third-order valence-corrected chi connectivity index (χ3v) is 8.09. The minimum atomic E-state index is -0.0699. The fraction of sp³-hybridized carbons (Fsp3) is 0.406. The number of aromatic nitrogens is 4. The standard InChI is InChI=1S/C32H39N9O2/c1-32(2,3)24-10-6-22(7-11-24)29(42)36-26-5-4-17-40(21-26)31-37-27(28-34-16-20-41(28)38-31)35-25-12-8-23(9-13-25)30(43)39-18-14-33-15-19-39/h6-13,16,20,26,33H,4-5,14-15,17-19,21H2,1-3H3,(H,36,42)(H,35,37,38). The molecule has 2 aliphatic heterocycles. The quantitative estimate of drug-likeness (QED) is 0.316. The van der Waals surface area contributed by atoms with E-state index in [1.165, 1.54) is 5.56 Å². The van der Waals surface area contributed by atoms with Gasteiger partial charge in [0, 0.05) is 74.5 Å². The maximum atomic E-state index is 13.1. The van der Waals surface area contributed by atoms with E-state index in [1.54, 1.807) is 16.9 Å². The number of hydrogen-bond acceptors (Lipinski definition) is 8. The zero-order valence-electron chi connectivity index (χ0n) is 25.0. The lowest BCUT2D eigenvalue weighted by Gasteiger charge is -2.33. The molecule has 0 spiro atoms. The maximum Gasteiger partial charge on any atom is 0.253 e. The summed E-state index contributed by atoms with van der Waals surface area (Å²) >= 11 is 0. The van der Waals surface area contributed by atoms with Crippen molar-refractivity contribution < 1.29 is 9.59 Å². The molecule has 2 aromatic heterocycles. The molecule has 43 heavy (non-hydrogen) atoms. The molecule has 4 heterocycles. The minimum absolute atomic E-state index is 0.0252. The van der Waals surface area contributed by atoms with Gasteiger partial charge in [0.25, 0.3) is 11.8 Å². The van der Waals surface area contributed by atoms with Gasteiger partial charge in [0.05, 0.1) is 0 Å². The SMILES string of the molecule is CC(C)(C)c1ccc(C(=O)NC2CCCN(c3nc(Nc4ccc(C(=O)N5CCNCC5)cc4)c4nccn4n3)C2)cc1. The molecule has 0 radical (unpaired) electrons. The lowest BCUT2D eigenvalue weighted by Crippen LogP contribution is -2.48. The Morgan fingerprint density at radius 1 is 0.953 bits per heavy atom. The highest BCUT2D eigenvalue weighted by molar-refractivity contribution is 5.95. The van der Waals surface area contributed by atoms with Gasteiger partial charge in [-0.2, -0.15) is 4.98 Å². The zero-order valence-corrected chi connectivity index (χ0v) is 25.0. The number of piperidine rings is 1. The van der Waals surface area contributed by atoms with Gasteiger partial charge in [-0.05, 0) is 60.2 Å². The van der Waals surface area contributed by atoms with E-state index in [0.29, 0.717) is 48.2 Å². The highest BCUT2D eigenvalue weighted by atomic mass is 16.2. The normalized spacial score (nSPS) is 17.6. The molecule has 3 N–H and O–H groups in total. The van der Waals surface area contributed by atoms with Crippen molar-refractivity contribution >= 4 is 34.9 Å². The van der Waals surface area contributed by atoms with Crippen molar-refractivity contribution in [2.45, 2.75) is 45.1 Å². The Hall–Kier alpha value is -4.51. The van der Waals surface area contributed by atoms with Gasteiger partial charge in [-0.25, -0.2) is 9.50 Å². The van der Waals surface area contributed by atoms with Gasteiger partial charge in [-0.3, -0.25) is 9.59 Å². The van der Waals surface area contributed by atoms with Crippen molar-refractivity contribution in [3.8, 4) is 0 Å². The molecule has 2 amide bonds. The highest BCUT2D eigenvalue weighted by Gasteiger charge is 2.25. The van der Waals surface area contributed by atoms with Crippen LogP contribution in [-0.4, -0.2) is 81.6 Å². The molecule has 0 bridgehead atoms. The third-order valence-electron chi connectivity index (χ3n) is 8.09. The van der Waals surface area contributed by atoms with Crippen LogP contribution in [0, 0.1) is 0 Å². The van der Waals surface area contributed by atoms with E-state index in [0.717, 1.165) is 38.2 Å². The summed E-state index contributed by atoms with van der Waals surface area (Å²) < 4.78 is 1.71. The number of benzene rings is 2. The van der Waals surface area contributed by atoms with Crippen molar-refractivity contribution in [1.29, 1.82) is 0 Å². The average Bonchev–Trinajstić information content (AvgIpc) is 3.51. The zero-order chi connectivity index (χ0) is 30.0. The number of carbonyl (C=O) groups is 2. The first-order chi connectivity index (χ1) is 20.7. The fourth-order valence-electron chi connectivity index (χ4n) is 5.58. The van der Waals surface area contributed by atoms with Crippen molar-refractivity contribution in [3.05, 3.63) is 77.6 Å². The Morgan fingerprint density at radius 2 is 1.67 bits per heavy atom. The first-order valence-electron chi connectivity index (χ1n) is 15.0. The van der Waals surface area contributed by atoms with Crippen LogP contribution in [0.15, 0.2) is 60.9 Å². The maximum absolute atomic E-state index is 13.1. The third kappa shape index (κ3) is 6.46.